The van der Waals surface area contributed by atoms with Gasteiger partial charge >= 0.3 is 5.97 Å². The molecule has 14 heavy (non-hydrogen) atoms. The molecule has 4 heteroatoms. The van der Waals surface area contributed by atoms with Crippen LogP contribution in [0.4, 0.5) is 0 Å². The zero-order valence-corrected chi connectivity index (χ0v) is 9.08. The molecule has 1 unspecified atom stereocenters. The number of nitrogens with one attached hydrogen (secondary N) is 1. The van der Waals surface area contributed by atoms with Crippen LogP contribution in [0.1, 0.15) is 19.8 Å². The van der Waals surface area contributed by atoms with Crippen molar-refractivity contribution in [1.82, 2.24) is 10.2 Å². The lowest BCUT2D eigenvalue weighted by molar-refractivity contribution is -0.139. The van der Waals surface area contributed by atoms with Crippen LogP contribution in [0.2, 0.25) is 0 Å². The number of rotatable bonds is 5. The second kappa shape index (κ2) is 5.98. The highest BCUT2D eigenvalue weighted by molar-refractivity contribution is 5.71. The van der Waals surface area contributed by atoms with Crippen molar-refractivity contribution in [2.24, 2.45) is 0 Å². The third-order valence-corrected chi connectivity index (χ3v) is 2.70. The lowest BCUT2D eigenvalue weighted by atomic mass is 10.3. The van der Waals surface area contributed by atoms with Crippen LogP contribution in [0, 0.1) is 0 Å². The summed E-state index contributed by atoms with van der Waals surface area (Å²) >= 11 is 0. The normalized spacial score (nSPS) is 19.6. The summed E-state index contributed by atoms with van der Waals surface area (Å²) in [7, 11) is 1.41. The largest absolute Gasteiger partial charge is 0.468 e. The Morgan fingerprint density at radius 1 is 1.50 bits per heavy atom. The standard InChI is InChI=1S/C10H20N2O2/c1-9(12-5-3-4-6-12)7-11-8-10(13)14-2/h9,11H,3-8H2,1-2H3. The molecule has 1 aliphatic heterocycles. The van der Waals surface area contributed by atoms with E-state index in [2.05, 4.69) is 21.9 Å². The molecule has 1 N–H and O–H groups in total. The first-order valence-electron chi connectivity index (χ1n) is 5.25. The predicted molar refractivity (Wildman–Crippen MR) is 55.2 cm³/mol. The van der Waals surface area contributed by atoms with Crippen molar-refractivity contribution < 1.29 is 9.53 Å². The topological polar surface area (TPSA) is 41.6 Å². The fraction of sp³-hybridized carbons (Fsp3) is 0.900. The summed E-state index contributed by atoms with van der Waals surface area (Å²) < 4.78 is 4.54. The van der Waals surface area contributed by atoms with E-state index in [1.807, 2.05) is 0 Å². The number of hydrogen-bond donors (Lipinski definition) is 1. The highest BCUT2D eigenvalue weighted by Crippen LogP contribution is 2.10. The molecular weight excluding hydrogens is 180 g/mol. The maximum Gasteiger partial charge on any atom is 0.319 e. The average Bonchev–Trinajstić information content (AvgIpc) is 2.70. The smallest absolute Gasteiger partial charge is 0.319 e. The Hall–Kier alpha value is -0.610. The van der Waals surface area contributed by atoms with Crippen molar-refractivity contribution >= 4 is 5.97 Å². The molecule has 0 amide bonds. The number of hydrogen-bond acceptors (Lipinski definition) is 4. The minimum absolute atomic E-state index is 0.196. The van der Waals surface area contributed by atoms with Crippen LogP contribution < -0.4 is 5.32 Å². The van der Waals surface area contributed by atoms with E-state index in [0.29, 0.717) is 12.6 Å². The Kier molecular flexibility index (Phi) is 4.90. The van der Waals surface area contributed by atoms with E-state index >= 15 is 0 Å². The molecule has 1 saturated heterocycles. The number of ether oxygens (including phenoxy) is 1. The maximum atomic E-state index is 10.8. The maximum absolute atomic E-state index is 10.8. The van der Waals surface area contributed by atoms with Crippen LogP contribution in [0.15, 0.2) is 0 Å². The van der Waals surface area contributed by atoms with E-state index in [0.717, 1.165) is 6.54 Å². The van der Waals surface area contributed by atoms with Crippen molar-refractivity contribution in [3.63, 3.8) is 0 Å². The van der Waals surface area contributed by atoms with Gasteiger partial charge in [0.2, 0.25) is 0 Å². The fourth-order valence-electron chi connectivity index (χ4n) is 1.77. The van der Waals surface area contributed by atoms with Gasteiger partial charge in [-0.15, -0.1) is 0 Å². The summed E-state index contributed by atoms with van der Waals surface area (Å²) in [5.74, 6) is -0.196. The van der Waals surface area contributed by atoms with E-state index in [1.54, 1.807) is 0 Å². The zero-order chi connectivity index (χ0) is 10.4. The van der Waals surface area contributed by atoms with Crippen LogP contribution in [0.3, 0.4) is 0 Å². The Bertz CT molecular complexity index is 179. The minimum Gasteiger partial charge on any atom is -0.468 e. The summed E-state index contributed by atoms with van der Waals surface area (Å²) in [4.78, 5) is 13.3. The molecule has 1 heterocycles. The van der Waals surface area contributed by atoms with Crippen LogP contribution in [-0.2, 0) is 9.53 Å². The molecule has 4 nitrogen and oxygen atoms in total. The predicted octanol–water partition coefficient (Wildman–Crippen LogP) is 0.233. The fourth-order valence-corrected chi connectivity index (χ4v) is 1.77. The van der Waals surface area contributed by atoms with Gasteiger partial charge in [0.25, 0.3) is 0 Å². The molecule has 0 aromatic carbocycles. The Morgan fingerprint density at radius 3 is 2.71 bits per heavy atom. The minimum atomic E-state index is -0.196. The molecule has 1 fully saturated rings. The van der Waals surface area contributed by atoms with E-state index in [1.165, 1.54) is 33.0 Å². The third-order valence-electron chi connectivity index (χ3n) is 2.70. The molecule has 0 spiro atoms. The van der Waals surface area contributed by atoms with Crippen molar-refractivity contribution in [2.75, 3.05) is 33.3 Å². The van der Waals surface area contributed by atoms with Crippen LogP contribution in [-0.4, -0.2) is 50.2 Å². The number of likely N-dealkylation sites (tertiary alicyclic amines) is 1. The van der Waals surface area contributed by atoms with Crippen LogP contribution in [0.25, 0.3) is 0 Å². The zero-order valence-electron chi connectivity index (χ0n) is 9.08. The quantitative estimate of drug-likeness (QED) is 0.645. The van der Waals surface area contributed by atoms with Gasteiger partial charge in [0, 0.05) is 12.6 Å². The van der Waals surface area contributed by atoms with E-state index < -0.39 is 0 Å². The number of nitrogens with zero attached hydrogens (tertiary/aromatic N) is 1. The van der Waals surface area contributed by atoms with Gasteiger partial charge in [-0.3, -0.25) is 9.69 Å². The molecule has 1 atom stereocenters. The SMILES string of the molecule is COC(=O)CNCC(C)N1CCCC1. The van der Waals surface area contributed by atoms with Gasteiger partial charge in [0.1, 0.15) is 0 Å². The third kappa shape index (κ3) is 3.64. The second-order valence-corrected chi connectivity index (χ2v) is 3.80. The van der Waals surface area contributed by atoms with Gasteiger partial charge in [0.15, 0.2) is 0 Å². The van der Waals surface area contributed by atoms with Crippen molar-refractivity contribution in [2.45, 2.75) is 25.8 Å². The number of carbonyl (C=O) groups is 1. The summed E-state index contributed by atoms with van der Waals surface area (Å²) in [5.41, 5.74) is 0. The van der Waals surface area contributed by atoms with Crippen LogP contribution in [0.5, 0.6) is 0 Å². The van der Waals surface area contributed by atoms with Crippen molar-refractivity contribution in [3.8, 4) is 0 Å². The molecule has 1 aliphatic rings. The number of carbonyl (C=O) groups excluding carboxylic acids is 1. The summed E-state index contributed by atoms with van der Waals surface area (Å²) in [5, 5.41) is 3.10. The molecule has 0 radical (unpaired) electrons. The summed E-state index contributed by atoms with van der Waals surface area (Å²) in [6, 6.07) is 0.516. The van der Waals surface area contributed by atoms with Gasteiger partial charge in [-0.1, -0.05) is 0 Å². The van der Waals surface area contributed by atoms with Crippen LogP contribution >= 0.6 is 0 Å². The lowest BCUT2D eigenvalue weighted by Crippen LogP contribution is -2.40. The van der Waals surface area contributed by atoms with E-state index in [4.69, 9.17) is 0 Å². The first kappa shape index (κ1) is 11.5. The first-order chi connectivity index (χ1) is 6.74. The molecule has 0 aliphatic carbocycles. The van der Waals surface area contributed by atoms with Gasteiger partial charge in [-0.25, -0.2) is 0 Å². The molecule has 0 aromatic heterocycles. The lowest BCUT2D eigenvalue weighted by Gasteiger charge is -2.23. The van der Waals surface area contributed by atoms with Gasteiger partial charge in [0.05, 0.1) is 13.7 Å². The van der Waals surface area contributed by atoms with Crippen molar-refractivity contribution in [1.29, 1.82) is 0 Å². The van der Waals surface area contributed by atoms with Gasteiger partial charge in [-0.05, 0) is 32.9 Å². The first-order valence-corrected chi connectivity index (χ1v) is 5.25. The average molecular weight is 200 g/mol. The van der Waals surface area contributed by atoms with E-state index in [-0.39, 0.29) is 5.97 Å². The molecule has 82 valence electrons. The monoisotopic (exact) mass is 200 g/mol. The van der Waals surface area contributed by atoms with Gasteiger partial charge < -0.3 is 10.1 Å². The highest BCUT2D eigenvalue weighted by Gasteiger charge is 2.17. The molecule has 0 bridgehead atoms. The van der Waals surface area contributed by atoms with E-state index in [9.17, 15) is 4.79 Å². The van der Waals surface area contributed by atoms with Gasteiger partial charge in [-0.2, -0.15) is 0 Å². The number of esters is 1. The Balaban J connectivity index is 2.08. The molecule has 0 saturated carbocycles. The van der Waals surface area contributed by atoms with Crippen molar-refractivity contribution in [3.05, 3.63) is 0 Å². The molecule has 0 aromatic rings. The summed E-state index contributed by atoms with van der Waals surface area (Å²) in [6.07, 6.45) is 2.61. The Morgan fingerprint density at radius 2 is 2.14 bits per heavy atom. The summed E-state index contributed by atoms with van der Waals surface area (Å²) in [6.45, 7) is 5.75. The molecular formula is C10H20N2O2. The molecule has 1 rings (SSSR count). The number of methoxy groups -OCH3 is 1. The second-order valence-electron chi connectivity index (χ2n) is 3.80. The highest BCUT2D eigenvalue weighted by atomic mass is 16.5. The Labute approximate surface area is 85.6 Å².